The largest absolute Gasteiger partial charge is 0.481 e. The van der Waals surface area contributed by atoms with E-state index in [0.29, 0.717) is 28.8 Å². The molecule has 7 nitrogen and oxygen atoms in total. The van der Waals surface area contributed by atoms with Crippen LogP contribution in [0.3, 0.4) is 0 Å². The molecule has 0 aliphatic carbocycles. The minimum Gasteiger partial charge on any atom is -0.481 e. The lowest BCUT2D eigenvalue weighted by Gasteiger charge is -2.16. The van der Waals surface area contributed by atoms with Gasteiger partial charge in [-0.15, -0.1) is 0 Å². The molecule has 0 heterocycles. The lowest BCUT2D eigenvalue weighted by Crippen LogP contribution is -2.30. The van der Waals surface area contributed by atoms with E-state index in [1.165, 1.54) is 7.11 Å². The molecule has 0 spiro atoms. The number of anilines is 2. The van der Waals surface area contributed by atoms with Crippen molar-refractivity contribution in [1.82, 2.24) is 0 Å². The molecule has 28 heavy (non-hydrogen) atoms. The van der Waals surface area contributed by atoms with Gasteiger partial charge < -0.3 is 19.5 Å². The molecule has 2 rings (SSSR count). The van der Waals surface area contributed by atoms with Crippen molar-refractivity contribution in [2.75, 3.05) is 31.0 Å². The van der Waals surface area contributed by atoms with Crippen LogP contribution < -0.4 is 15.4 Å². The second-order valence-electron chi connectivity index (χ2n) is 5.99. The van der Waals surface area contributed by atoms with Gasteiger partial charge in [-0.1, -0.05) is 17.7 Å². The molecule has 0 bridgehead atoms. The molecule has 2 aromatic carbocycles. The van der Waals surface area contributed by atoms with Crippen molar-refractivity contribution >= 4 is 35.0 Å². The normalized spacial score (nSPS) is 11.4. The molecule has 0 saturated heterocycles. The van der Waals surface area contributed by atoms with Crippen LogP contribution in [0.5, 0.6) is 5.75 Å². The summed E-state index contributed by atoms with van der Waals surface area (Å²) < 4.78 is 15.4. The van der Waals surface area contributed by atoms with Crippen molar-refractivity contribution in [1.29, 1.82) is 0 Å². The molecule has 0 radical (unpaired) electrons. The van der Waals surface area contributed by atoms with Crippen molar-refractivity contribution < 1.29 is 23.8 Å². The Morgan fingerprint density at radius 1 is 1.07 bits per heavy atom. The lowest BCUT2D eigenvalue weighted by atomic mass is 10.2. The van der Waals surface area contributed by atoms with Crippen LogP contribution in [0.4, 0.5) is 16.2 Å². The average Bonchev–Trinajstić information content (AvgIpc) is 2.65. The number of aryl methyl sites for hydroxylation is 1. The quantitative estimate of drug-likeness (QED) is 0.640. The van der Waals surface area contributed by atoms with Gasteiger partial charge in [0.1, 0.15) is 12.4 Å². The van der Waals surface area contributed by atoms with Gasteiger partial charge in [0.15, 0.2) is 6.10 Å². The van der Waals surface area contributed by atoms with Gasteiger partial charge >= 0.3 is 6.09 Å². The number of carbonyl (C=O) groups is 2. The molecule has 0 aromatic heterocycles. The first-order valence-electron chi connectivity index (χ1n) is 8.65. The number of rotatable bonds is 8. The molecule has 150 valence electrons. The third-order valence-electron chi connectivity index (χ3n) is 3.71. The number of amides is 2. The second kappa shape index (κ2) is 10.5. The Hall–Kier alpha value is -2.77. The number of nitrogens with one attached hydrogen (secondary N) is 2. The highest BCUT2D eigenvalue weighted by molar-refractivity contribution is 6.31. The van der Waals surface area contributed by atoms with Gasteiger partial charge in [0.05, 0.1) is 6.61 Å². The third kappa shape index (κ3) is 6.75. The number of benzene rings is 2. The Morgan fingerprint density at radius 3 is 2.46 bits per heavy atom. The summed E-state index contributed by atoms with van der Waals surface area (Å²) in [7, 11) is 1.52. The molecule has 2 aromatic rings. The third-order valence-corrected chi connectivity index (χ3v) is 4.13. The molecule has 0 fully saturated rings. The monoisotopic (exact) mass is 406 g/mol. The zero-order valence-corrected chi connectivity index (χ0v) is 16.7. The van der Waals surface area contributed by atoms with E-state index >= 15 is 0 Å². The molecule has 8 heteroatoms. The smallest absolute Gasteiger partial charge is 0.411 e. The molecular weight excluding hydrogens is 384 g/mol. The maximum Gasteiger partial charge on any atom is 0.411 e. The van der Waals surface area contributed by atoms with Gasteiger partial charge in [0.25, 0.3) is 5.91 Å². The minimum atomic E-state index is -0.726. The van der Waals surface area contributed by atoms with Gasteiger partial charge in [0.2, 0.25) is 0 Å². The Labute approximate surface area is 168 Å². The Bertz CT molecular complexity index is 828. The van der Waals surface area contributed by atoms with E-state index in [0.717, 1.165) is 5.56 Å². The van der Waals surface area contributed by atoms with E-state index in [2.05, 4.69) is 10.6 Å². The number of hydrogen-bond acceptors (Lipinski definition) is 5. The van der Waals surface area contributed by atoms with Crippen LogP contribution in [-0.4, -0.2) is 38.4 Å². The molecule has 2 N–H and O–H groups in total. The topological polar surface area (TPSA) is 85.9 Å². The fraction of sp³-hybridized carbons (Fsp3) is 0.300. The lowest BCUT2D eigenvalue weighted by molar-refractivity contribution is -0.122. The summed E-state index contributed by atoms with van der Waals surface area (Å²) in [5.74, 6) is 0.228. The maximum atomic E-state index is 12.4. The number of hydrogen-bond donors (Lipinski definition) is 2. The summed E-state index contributed by atoms with van der Waals surface area (Å²) in [5, 5.41) is 5.97. The van der Waals surface area contributed by atoms with E-state index in [9.17, 15) is 9.59 Å². The van der Waals surface area contributed by atoms with Crippen LogP contribution in [-0.2, 0) is 14.3 Å². The van der Waals surface area contributed by atoms with E-state index in [-0.39, 0.29) is 12.5 Å². The fourth-order valence-electron chi connectivity index (χ4n) is 2.24. The van der Waals surface area contributed by atoms with E-state index in [4.69, 9.17) is 25.8 Å². The van der Waals surface area contributed by atoms with Crippen LogP contribution in [0.25, 0.3) is 0 Å². The highest BCUT2D eigenvalue weighted by atomic mass is 35.5. The summed E-state index contributed by atoms with van der Waals surface area (Å²) in [4.78, 5) is 24.1. The van der Waals surface area contributed by atoms with E-state index < -0.39 is 12.2 Å². The molecular formula is C20H23ClN2O5. The summed E-state index contributed by atoms with van der Waals surface area (Å²) in [5.41, 5.74) is 1.87. The van der Waals surface area contributed by atoms with Gasteiger partial charge in [-0.3, -0.25) is 10.1 Å². The summed E-state index contributed by atoms with van der Waals surface area (Å²) in [6.07, 6.45) is -1.33. The molecule has 1 atom stereocenters. The summed E-state index contributed by atoms with van der Waals surface area (Å²) in [6.45, 7) is 3.97. The van der Waals surface area contributed by atoms with Crippen molar-refractivity contribution in [3.05, 3.63) is 53.1 Å². The first-order chi connectivity index (χ1) is 13.4. The minimum absolute atomic E-state index is 0.151. The number of halogens is 1. The number of ether oxygens (including phenoxy) is 3. The zero-order chi connectivity index (χ0) is 20.5. The number of carbonyl (C=O) groups excluding carboxylic acids is 2. The highest BCUT2D eigenvalue weighted by Gasteiger charge is 2.15. The Morgan fingerprint density at radius 2 is 1.79 bits per heavy atom. The molecule has 0 aliphatic heterocycles. The zero-order valence-electron chi connectivity index (χ0n) is 16.0. The Balaban J connectivity index is 1.92. The molecule has 1 unspecified atom stereocenters. The summed E-state index contributed by atoms with van der Waals surface area (Å²) >= 11 is 5.99. The molecule has 2 amide bonds. The van der Waals surface area contributed by atoms with Crippen molar-refractivity contribution in [2.45, 2.75) is 20.0 Å². The average molecular weight is 407 g/mol. The van der Waals surface area contributed by atoms with Gasteiger partial charge in [0, 0.05) is 23.5 Å². The van der Waals surface area contributed by atoms with Gasteiger partial charge in [-0.05, 0) is 55.8 Å². The molecule has 0 aliphatic rings. The standard InChI is InChI=1S/C20H23ClN2O5/c1-13-11-17(7-8-18(13)21)28-14(2)19(24)22-15-5-4-6-16(12-15)23-20(25)27-10-9-26-3/h4-8,11-12,14H,9-10H2,1-3H3,(H,22,24)(H,23,25). The van der Waals surface area contributed by atoms with Crippen LogP contribution in [0.2, 0.25) is 5.02 Å². The van der Waals surface area contributed by atoms with Crippen LogP contribution >= 0.6 is 11.6 Å². The maximum absolute atomic E-state index is 12.4. The molecule has 0 saturated carbocycles. The number of methoxy groups -OCH3 is 1. The predicted octanol–water partition coefficient (Wildman–Crippen LogP) is 4.25. The van der Waals surface area contributed by atoms with E-state index in [1.54, 1.807) is 49.4 Å². The fourth-order valence-corrected chi connectivity index (χ4v) is 2.36. The SMILES string of the molecule is COCCOC(=O)Nc1cccc(NC(=O)C(C)Oc2ccc(Cl)c(C)c2)c1. The second-order valence-corrected chi connectivity index (χ2v) is 6.40. The van der Waals surface area contributed by atoms with Gasteiger partial charge in [-0.25, -0.2) is 4.79 Å². The summed E-state index contributed by atoms with van der Waals surface area (Å²) in [6, 6.07) is 11.9. The first-order valence-corrected chi connectivity index (χ1v) is 9.03. The van der Waals surface area contributed by atoms with Crippen LogP contribution in [0.1, 0.15) is 12.5 Å². The van der Waals surface area contributed by atoms with Crippen molar-refractivity contribution in [2.24, 2.45) is 0 Å². The van der Waals surface area contributed by atoms with Crippen LogP contribution in [0.15, 0.2) is 42.5 Å². The Kier molecular flexibility index (Phi) is 8.10. The predicted molar refractivity (Wildman–Crippen MR) is 108 cm³/mol. The van der Waals surface area contributed by atoms with Crippen LogP contribution in [0, 0.1) is 6.92 Å². The van der Waals surface area contributed by atoms with Gasteiger partial charge in [-0.2, -0.15) is 0 Å². The van der Waals surface area contributed by atoms with E-state index in [1.807, 2.05) is 6.92 Å². The van der Waals surface area contributed by atoms with Crippen molar-refractivity contribution in [3.8, 4) is 5.75 Å². The first kappa shape index (κ1) is 21.5. The highest BCUT2D eigenvalue weighted by Crippen LogP contribution is 2.22. The van der Waals surface area contributed by atoms with Crippen molar-refractivity contribution in [3.63, 3.8) is 0 Å².